The second kappa shape index (κ2) is 4.75. The molecule has 1 aliphatic heterocycles. The first kappa shape index (κ1) is 11.5. The minimum atomic E-state index is 0.0703. The molecule has 1 rings (SSSR count). The van der Waals surface area contributed by atoms with Gasteiger partial charge >= 0.3 is 0 Å². The van der Waals surface area contributed by atoms with Crippen molar-refractivity contribution in [2.45, 2.75) is 25.9 Å². The highest BCUT2D eigenvalue weighted by Crippen LogP contribution is 2.16. The van der Waals surface area contributed by atoms with E-state index in [0.717, 1.165) is 13.1 Å². The number of rotatable bonds is 4. The predicted molar refractivity (Wildman–Crippen MR) is 55.1 cm³/mol. The Morgan fingerprint density at radius 1 is 1.57 bits per heavy atom. The van der Waals surface area contributed by atoms with E-state index in [1.807, 2.05) is 7.05 Å². The van der Waals surface area contributed by atoms with E-state index in [-0.39, 0.29) is 12.5 Å². The van der Waals surface area contributed by atoms with Crippen molar-refractivity contribution in [2.75, 3.05) is 33.9 Å². The van der Waals surface area contributed by atoms with Gasteiger partial charge in [0.2, 0.25) is 5.91 Å². The van der Waals surface area contributed by atoms with Crippen LogP contribution in [-0.4, -0.2) is 61.6 Å². The van der Waals surface area contributed by atoms with Gasteiger partial charge in [0.1, 0.15) is 6.61 Å². The van der Waals surface area contributed by atoms with Crippen molar-refractivity contribution in [3.63, 3.8) is 0 Å². The quantitative estimate of drug-likeness (QED) is 0.649. The van der Waals surface area contributed by atoms with Crippen molar-refractivity contribution in [2.24, 2.45) is 0 Å². The summed E-state index contributed by atoms with van der Waals surface area (Å²) in [6.45, 7) is 6.52. The van der Waals surface area contributed by atoms with Crippen LogP contribution in [0.25, 0.3) is 0 Å². The van der Waals surface area contributed by atoms with Gasteiger partial charge in [-0.05, 0) is 13.8 Å². The van der Waals surface area contributed by atoms with Crippen LogP contribution in [-0.2, 0) is 9.53 Å². The summed E-state index contributed by atoms with van der Waals surface area (Å²) < 4.78 is 4.81. The standard InChI is InChI=1S/C10H20N2O2/c1-8(2)12-5-9(6-12)11(3)10(13)7-14-4/h8-9H,5-7H2,1-4H3. The van der Waals surface area contributed by atoms with E-state index in [0.29, 0.717) is 12.1 Å². The number of likely N-dealkylation sites (N-methyl/N-ethyl adjacent to an activating group) is 1. The number of hydrogen-bond donors (Lipinski definition) is 0. The van der Waals surface area contributed by atoms with Crippen LogP contribution in [0.4, 0.5) is 0 Å². The Morgan fingerprint density at radius 2 is 2.14 bits per heavy atom. The molecule has 14 heavy (non-hydrogen) atoms. The van der Waals surface area contributed by atoms with Gasteiger partial charge in [0.05, 0.1) is 6.04 Å². The maximum atomic E-state index is 11.4. The molecular weight excluding hydrogens is 180 g/mol. The largest absolute Gasteiger partial charge is 0.375 e. The van der Waals surface area contributed by atoms with Crippen LogP contribution < -0.4 is 0 Å². The third kappa shape index (κ3) is 2.45. The fourth-order valence-corrected chi connectivity index (χ4v) is 1.58. The lowest BCUT2D eigenvalue weighted by atomic mass is 10.1. The lowest BCUT2D eigenvalue weighted by Crippen LogP contribution is -2.61. The molecule has 0 bridgehead atoms. The van der Waals surface area contributed by atoms with Crippen LogP contribution in [0.1, 0.15) is 13.8 Å². The van der Waals surface area contributed by atoms with E-state index in [1.165, 1.54) is 0 Å². The summed E-state index contributed by atoms with van der Waals surface area (Å²) in [6, 6.07) is 0.956. The number of carbonyl (C=O) groups excluding carboxylic acids is 1. The summed E-state index contributed by atoms with van der Waals surface area (Å²) in [4.78, 5) is 15.6. The summed E-state index contributed by atoms with van der Waals surface area (Å²) >= 11 is 0. The van der Waals surface area contributed by atoms with Gasteiger partial charge in [-0.1, -0.05) is 0 Å². The molecule has 0 atom stereocenters. The third-order valence-corrected chi connectivity index (χ3v) is 2.83. The van der Waals surface area contributed by atoms with Gasteiger partial charge in [-0.2, -0.15) is 0 Å². The Labute approximate surface area is 85.8 Å². The topological polar surface area (TPSA) is 32.8 Å². The molecule has 1 amide bonds. The smallest absolute Gasteiger partial charge is 0.248 e. The number of ether oxygens (including phenoxy) is 1. The lowest BCUT2D eigenvalue weighted by Gasteiger charge is -2.46. The zero-order valence-corrected chi connectivity index (χ0v) is 9.49. The molecule has 0 N–H and O–H groups in total. The first-order valence-corrected chi connectivity index (χ1v) is 5.05. The van der Waals surface area contributed by atoms with E-state index >= 15 is 0 Å². The molecule has 82 valence electrons. The third-order valence-electron chi connectivity index (χ3n) is 2.83. The second-order valence-electron chi connectivity index (χ2n) is 4.14. The molecule has 4 nitrogen and oxygen atoms in total. The minimum Gasteiger partial charge on any atom is -0.375 e. The fourth-order valence-electron chi connectivity index (χ4n) is 1.58. The van der Waals surface area contributed by atoms with Gasteiger partial charge in [0.25, 0.3) is 0 Å². The van der Waals surface area contributed by atoms with Crippen LogP contribution in [0.15, 0.2) is 0 Å². The summed E-state index contributed by atoms with van der Waals surface area (Å²) in [7, 11) is 3.40. The highest BCUT2D eigenvalue weighted by molar-refractivity contribution is 5.77. The number of nitrogens with zero attached hydrogens (tertiary/aromatic N) is 2. The SMILES string of the molecule is COCC(=O)N(C)C1CN(C(C)C)C1. The van der Waals surface area contributed by atoms with Crippen molar-refractivity contribution in [3.05, 3.63) is 0 Å². The molecule has 1 aliphatic rings. The molecule has 4 heteroatoms. The minimum absolute atomic E-state index is 0.0703. The molecule has 0 aromatic rings. The van der Waals surface area contributed by atoms with Crippen molar-refractivity contribution >= 4 is 5.91 Å². The molecule has 0 unspecified atom stereocenters. The predicted octanol–water partition coefficient (Wildman–Crippen LogP) is 0.184. The molecule has 0 aliphatic carbocycles. The average Bonchev–Trinajstić information content (AvgIpc) is 2.00. The molecule has 1 fully saturated rings. The van der Waals surface area contributed by atoms with Crippen LogP contribution in [0, 0.1) is 0 Å². The van der Waals surface area contributed by atoms with Crippen molar-refractivity contribution < 1.29 is 9.53 Å². The second-order valence-corrected chi connectivity index (χ2v) is 4.14. The van der Waals surface area contributed by atoms with Gasteiger partial charge in [-0.25, -0.2) is 0 Å². The number of amides is 1. The molecular formula is C10H20N2O2. The lowest BCUT2D eigenvalue weighted by molar-refractivity contribution is -0.139. The Morgan fingerprint density at radius 3 is 2.57 bits per heavy atom. The number of carbonyl (C=O) groups is 1. The molecule has 0 aromatic heterocycles. The van der Waals surface area contributed by atoms with Gasteiger partial charge < -0.3 is 9.64 Å². The zero-order chi connectivity index (χ0) is 10.7. The Balaban J connectivity index is 2.28. The van der Waals surface area contributed by atoms with Gasteiger partial charge in [0.15, 0.2) is 0 Å². The van der Waals surface area contributed by atoms with E-state index < -0.39 is 0 Å². The molecule has 1 saturated heterocycles. The molecule has 0 spiro atoms. The summed E-state index contributed by atoms with van der Waals surface area (Å²) in [6.07, 6.45) is 0. The number of likely N-dealkylation sites (tertiary alicyclic amines) is 1. The van der Waals surface area contributed by atoms with Crippen molar-refractivity contribution in [3.8, 4) is 0 Å². The van der Waals surface area contributed by atoms with E-state index in [4.69, 9.17) is 4.74 Å². The fraction of sp³-hybridized carbons (Fsp3) is 0.900. The Kier molecular flexibility index (Phi) is 3.89. The Bertz CT molecular complexity index is 200. The Hall–Kier alpha value is -0.610. The van der Waals surface area contributed by atoms with Gasteiger partial charge in [-0.3, -0.25) is 9.69 Å². The average molecular weight is 200 g/mol. The van der Waals surface area contributed by atoms with E-state index in [1.54, 1.807) is 12.0 Å². The zero-order valence-electron chi connectivity index (χ0n) is 9.49. The number of methoxy groups -OCH3 is 1. The maximum absolute atomic E-state index is 11.4. The highest BCUT2D eigenvalue weighted by Gasteiger charge is 2.33. The molecule has 0 aromatic carbocycles. The first-order valence-electron chi connectivity index (χ1n) is 5.05. The van der Waals surface area contributed by atoms with Crippen molar-refractivity contribution in [1.29, 1.82) is 0 Å². The molecule has 1 heterocycles. The normalized spacial score (nSPS) is 18.4. The summed E-state index contributed by atoms with van der Waals surface area (Å²) in [5.41, 5.74) is 0. The molecule has 0 saturated carbocycles. The van der Waals surface area contributed by atoms with E-state index in [9.17, 15) is 4.79 Å². The highest BCUT2D eigenvalue weighted by atomic mass is 16.5. The van der Waals surface area contributed by atoms with Gasteiger partial charge in [0, 0.05) is 33.3 Å². The van der Waals surface area contributed by atoms with Crippen LogP contribution in [0.5, 0.6) is 0 Å². The summed E-state index contributed by atoms with van der Waals surface area (Å²) in [5.74, 6) is 0.0703. The van der Waals surface area contributed by atoms with Crippen LogP contribution in [0.3, 0.4) is 0 Å². The number of hydrogen-bond acceptors (Lipinski definition) is 3. The van der Waals surface area contributed by atoms with Crippen molar-refractivity contribution in [1.82, 2.24) is 9.80 Å². The van der Waals surface area contributed by atoms with E-state index in [2.05, 4.69) is 18.7 Å². The van der Waals surface area contributed by atoms with Crippen LogP contribution in [0.2, 0.25) is 0 Å². The maximum Gasteiger partial charge on any atom is 0.248 e. The monoisotopic (exact) mass is 200 g/mol. The van der Waals surface area contributed by atoms with Crippen LogP contribution >= 0.6 is 0 Å². The molecule has 0 radical (unpaired) electrons. The first-order chi connectivity index (χ1) is 6.56. The van der Waals surface area contributed by atoms with Gasteiger partial charge in [-0.15, -0.1) is 0 Å². The summed E-state index contributed by atoms with van der Waals surface area (Å²) in [5, 5.41) is 0.